The maximum Gasteiger partial charge on any atom is 0.249 e. The van der Waals surface area contributed by atoms with Crippen molar-refractivity contribution in [2.24, 2.45) is 0 Å². The number of hydrogen-bond acceptors (Lipinski definition) is 4. The van der Waals surface area contributed by atoms with E-state index in [2.05, 4.69) is 9.88 Å². The Morgan fingerprint density at radius 1 is 1.09 bits per heavy atom. The van der Waals surface area contributed by atoms with Crippen LogP contribution >= 0.6 is 0 Å². The van der Waals surface area contributed by atoms with E-state index in [9.17, 15) is 9.59 Å². The molecule has 1 aromatic heterocycles. The number of benzene rings is 2. The van der Waals surface area contributed by atoms with Crippen LogP contribution in [0.4, 0.5) is 5.69 Å². The summed E-state index contributed by atoms with van der Waals surface area (Å²) in [6.45, 7) is 5.67. The van der Waals surface area contributed by atoms with Gasteiger partial charge in [-0.3, -0.25) is 9.59 Å². The van der Waals surface area contributed by atoms with E-state index in [-0.39, 0.29) is 30.5 Å². The molecule has 4 rings (SSSR count). The van der Waals surface area contributed by atoms with Gasteiger partial charge >= 0.3 is 0 Å². The van der Waals surface area contributed by atoms with Crippen molar-refractivity contribution in [2.45, 2.75) is 71.1 Å². The van der Waals surface area contributed by atoms with Crippen molar-refractivity contribution < 1.29 is 14.3 Å². The summed E-state index contributed by atoms with van der Waals surface area (Å²) in [6.07, 6.45) is 5.13. The van der Waals surface area contributed by atoms with E-state index in [1.165, 1.54) is 0 Å². The van der Waals surface area contributed by atoms with Gasteiger partial charge in [0.05, 0.1) is 11.0 Å². The number of aromatic nitrogens is 2. The number of imidazole rings is 1. The van der Waals surface area contributed by atoms with E-state index < -0.39 is 0 Å². The van der Waals surface area contributed by atoms with Crippen LogP contribution in [-0.4, -0.2) is 46.7 Å². The quantitative estimate of drug-likeness (QED) is 0.414. The third-order valence-corrected chi connectivity index (χ3v) is 6.44. The number of para-hydroxylation sites is 3. The van der Waals surface area contributed by atoms with Crippen molar-refractivity contribution >= 4 is 28.5 Å². The van der Waals surface area contributed by atoms with Crippen LogP contribution in [-0.2, 0) is 27.3 Å². The Kier molecular flexibility index (Phi) is 8.53. The summed E-state index contributed by atoms with van der Waals surface area (Å²) in [5.41, 5.74) is 2.80. The minimum atomic E-state index is -0.270. The monoisotopic (exact) mass is 476 g/mol. The number of carbonyl (C=O) groups excluding carboxylic acids is 2. The molecule has 7 nitrogen and oxygen atoms in total. The molecular weight excluding hydrogens is 440 g/mol. The van der Waals surface area contributed by atoms with Gasteiger partial charge in [-0.05, 0) is 63.8 Å². The molecule has 3 aromatic rings. The van der Waals surface area contributed by atoms with Crippen molar-refractivity contribution in [3.05, 3.63) is 60.4 Å². The Bertz CT molecular complexity index is 1120. The number of anilines is 1. The minimum absolute atomic E-state index is 0.0101. The fraction of sp³-hybridized carbons (Fsp3) is 0.464. The van der Waals surface area contributed by atoms with Crippen LogP contribution in [0.15, 0.2) is 54.6 Å². The van der Waals surface area contributed by atoms with Crippen molar-refractivity contribution in [3.8, 4) is 0 Å². The molecule has 0 aliphatic carbocycles. The zero-order chi connectivity index (χ0) is 24.6. The van der Waals surface area contributed by atoms with E-state index in [0.717, 1.165) is 61.1 Å². The molecule has 2 aromatic carbocycles. The molecule has 0 bridgehead atoms. The van der Waals surface area contributed by atoms with Crippen LogP contribution in [0.1, 0.15) is 51.8 Å². The van der Waals surface area contributed by atoms with E-state index in [4.69, 9.17) is 9.72 Å². The summed E-state index contributed by atoms with van der Waals surface area (Å²) in [5, 5.41) is 2.99. The van der Waals surface area contributed by atoms with Crippen molar-refractivity contribution in [3.63, 3.8) is 0 Å². The van der Waals surface area contributed by atoms with Gasteiger partial charge in [0.15, 0.2) is 0 Å². The van der Waals surface area contributed by atoms with E-state index >= 15 is 0 Å². The van der Waals surface area contributed by atoms with Gasteiger partial charge in [-0.25, -0.2) is 4.98 Å². The first-order valence-corrected chi connectivity index (χ1v) is 12.7. The fourth-order valence-corrected chi connectivity index (χ4v) is 4.72. The van der Waals surface area contributed by atoms with Crippen molar-refractivity contribution in [2.75, 3.05) is 18.1 Å². The number of nitrogens with one attached hydrogen (secondary N) is 1. The largest absolute Gasteiger partial charge is 0.368 e. The summed E-state index contributed by atoms with van der Waals surface area (Å²) in [4.78, 5) is 32.2. The van der Waals surface area contributed by atoms with Crippen molar-refractivity contribution in [1.82, 2.24) is 14.9 Å². The lowest BCUT2D eigenvalue weighted by atomic mass is 10.1. The maximum atomic E-state index is 13.5. The van der Waals surface area contributed by atoms with Crippen molar-refractivity contribution in [1.29, 1.82) is 0 Å². The second-order valence-electron chi connectivity index (χ2n) is 9.40. The Morgan fingerprint density at radius 2 is 1.86 bits per heavy atom. The van der Waals surface area contributed by atoms with Gasteiger partial charge < -0.3 is 19.5 Å². The molecule has 186 valence electrons. The van der Waals surface area contributed by atoms with E-state index in [1.807, 2.05) is 73.3 Å². The zero-order valence-corrected chi connectivity index (χ0v) is 20.8. The summed E-state index contributed by atoms with van der Waals surface area (Å²) in [5.74, 6) is 0.989. The molecule has 1 fully saturated rings. The molecule has 1 atom stereocenters. The summed E-state index contributed by atoms with van der Waals surface area (Å²) < 4.78 is 7.49. The highest BCUT2D eigenvalue weighted by Crippen LogP contribution is 2.21. The van der Waals surface area contributed by atoms with Gasteiger partial charge in [0, 0.05) is 31.3 Å². The summed E-state index contributed by atoms with van der Waals surface area (Å²) in [6, 6.07) is 17.9. The first-order valence-electron chi connectivity index (χ1n) is 12.7. The molecule has 1 N–H and O–H groups in total. The normalized spacial score (nSPS) is 15.6. The van der Waals surface area contributed by atoms with Gasteiger partial charge in [0.25, 0.3) is 0 Å². The Hall–Kier alpha value is -3.19. The molecule has 35 heavy (non-hydrogen) atoms. The number of fused-ring (bicyclic) bond motifs is 1. The SMILES string of the molecule is CC(C)N(C(=O)Cn1c(CCCCCNC(=O)C2CCCO2)nc2ccccc21)c1ccccc1. The second-order valence-corrected chi connectivity index (χ2v) is 9.40. The maximum absolute atomic E-state index is 13.5. The fourth-order valence-electron chi connectivity index (χ4n) is 4.72. The number of rotatable bonds is 11. The Balaban J connectivity index is 1.38. The number of carbonyl (C=O) groups is 2. The van der Waals surface area contributed by atoms with Gasteiger partial charge in [-0.1, -0.05) is 36.8 Å². The Morgan fingerprint density at radius 3 is 2.60 bits per heavy atom. The minimum Gasteiger partial charge on any atom is -0.368 e. The van der Waals surface area contributed by atoms with Crippen LogP contribution in [0.3, 0.4) is 0 Å². The molecule has 1 aliphatic heterocycles. The third kappa shape index (κ3) is 6.28. The molecule has 2 amide bonds. The van der Waals surface area contributed by atoms with Crippen LogP contribution < -0.4 is 10.2 Å². The smallest absolute Gasteiger partial charge is 0.249 e. The van der Waals surface area contributed by atoms with Crippen LogP contribution in [0.5, 0.6) is 0 Å². The number of unbranched alkanes of at least 4 members (excludes halogenated alkanes) is 2. The average molecular weight is 477 g/mol. The first kappa shape index (κ1) is 24.9. The lowest BCUT2D eigenvalue weighted by molar-refractivity contribution is -0.130. The topological polar surface area (TPSA) is 76.5 Å². The third-order valence-electron chi connectivity index (χ3n) is 6.44. The molecule has 0 radical (unpaired) electrons. The standard InChI is InChI=1S/C28H36N4O3/c1-21(2)32(22-12-5-3-6-13-22)27(33)20-31-24-15-9-8-14-23(24)30-26(31)17-7-4-10-18-29-28(34)25-16-11-19-35-25/h3,5-6,8-9,12-15,21,25H,4,7,10-11,16-20H2,1-2H3,(H,29,34). The predicted molar refractivity (Wildman–Crippen MR) is 138 cm³/mol. The lowest BCUT2D eigenvalue weighted by Crippen LogP contribution is -2.39. The lowest BCUT2D eigenvalue weighted by Gasteiger charge is -2.27. The molecule has 1 aliphatic rings. The van der Waals surface area contributed by atoms with E-state index in [1.54, 1.807) is 0 Å². The van der Waals surface area contributed by atoms with Gasteiger partial charge in [-0.15, -0.1) is 0 Å². The number of amides is 2. The molecule has 7 heteroatoms. The number of ether oxygens (including phenoxy) is 1. The highest BCUT2D eigenvalue weighted by molar-refractivity contribution is 5.94. The molecular formula is C28H36N4O3. The van der Waals surface area contributed by atoms with Gasteiger partial charge in [0.1, 0.15) is 18.5 Å². The molecule has 1 unspecified atom stereocenters. The molecule has 0 saturated carbocycles. The van der Waals surface area contributed by atoms with Crippen LogP contribution in [0.25, 0.3) is 11.0 Å². The number of nitrogens with zero attached hydrogens (tertiary/aromatic N) is 3. The van der Waals surface area contributed by atoms with Gasteiger partial charge in [-0.2, -0.15) is 0 Å². The zero-order valence-electron chi connectivity index (χ0n) is 20.8. The van der Waals surface area contributed by atoms with Gasteiger partial charge in [0.2, 0.25) is 11.8 Å². The molecule has 0 spiro atoms. The first-order chi connectivity index (χ1) is 17.0. The number of aryl methyl sites for hydroxylation is 1. The summed E-state index contributed by atoms with van der Waals surface area (Å²) >= 11 is 0. The van der Waals surface area contributed by atoms with Crippen LogP contribution in [0.2, 0.25) is 0 Å². The summed E-state index contributed by atoms with van der Waals surface area (Å²) in [7, 11) is 0. The predicted octanol–water partition coefficient (Wildman–Crippen LogP) is 4.49. The average Bonchev–Trinajstić information content (AvgIpc) is 3.51. The molecule has 1 saturated heterocycles. The second kappa shape index (κ2) is 12.0. The number of hydrogen-bond donors (Lipinski definition) is 1. The molecule has 2 heterocycles. The Labute approximate surface area is 207 Å². The highest BCUT2D eigenvalue weighted by Gasteiger charge is 2.23. The van der Waals surface area contributed by atoms with E-state index in [0.29, 0.717) is 13.2 Å². The highest BCUT2D eigenvalue weighted by atomic mass is 16.5. The van der Waals surface area contributed by atoms with Crippen LogP contribution in [0, 0.1) is 0 Å².